The van der Waals surface area contributed by atoms with Crippen LogP contribution in [0, 0.1) is 13.8 Å². The van der Waals surface area contributed by atoms with E-state index < -0.39 is 0 Å². The molecule has 2 aromatic rings. The van der Waals surface area contributed by atoms with Crippen LogP contribution in [0.15, 0.2) is 30.7 Å². The third-order valence-corrected chi connectivity index (χ3v) is 3.43. The largest absolute Gasteiger partial charge is 0.348 e. The first-order valence-corrected chi connectivity index (χ1v) is 6.44. The standard InChI is InChI=1S/C15H21N3/c1-11-4-5-14(8-12(11)2)13(3)17-7-6-15-9-16-10-18-15/h4-5,8-10,13,17H,6-7H2,1-3H3,(H,16,18). The Kier molecular flexibility index (Phi) is 4.15. The van der Waals surface area contributed by atoms with Crippen molar-refractivity contribution in [3.8, 4) is 0 Å². The van der Waals surface area contributed by atoms with Gasteiger partial charge in [0.05, 0.1) is 6.33 Å². The minimum atomic E-state index is 0.382. The number of rotatable bonds is 5. The molecule has 0 amide bonds. The van der Waals surface area contributed by atoms with Gasteiger partial charge in [0.25, 0.3) is 0 Å². The Morgan fingerprint density at radius 2 is 2.11 bits per heavy atom. The lowest BCUT2D eigenvalue weighted by Crippen LogP contribution is -2.21. The van der Waals surface area contributed by atoms with E-state index in [1.54, 1.807) is 6.33 Å². The number of hydrogen-bond acceptors (Lipinski definition) is 2. The summed E-state index contributed by atoms with van der Waals surface area (Å²) in [5, 5.41) is 3.54. The molecular formula is C15H21N3. The Bertz CT molecular complexity index is 488. The third-order valence-electron chi connectivity index (χ3n) is 3.43. The van der Waals surface area contributed by atoms with Crippen LogP contribution in [0.2, 0.25) is 0 Å². The van der Waals surface area contributed by atoms with Gasteiger partial charge < -0.3 is 10.3 Å². The highest BCUT2D eigenvalue weighted by Crippen LogP contribution is 2.16. The summed E-state index contributed by atoms with van der Waals surface area (Å²) in [6.45, 7) is 7.47. The maximum Gasteiger partial charge on any atom is 0.0921 e. The highest BCUT2D eigenvalue weighted by atomic mass is 14.9. The van der Waals surface area contributed by atoms with Crippen molar-refractivity contribution in [2.24, 2.45) is 0 Å². The Balaban J connectivity index is 1.87. The highest BCUT2D eigenvalue weighted by molar-refractivity contribution is 5.31. The molecule has 96 valence electrons. The average molecular weight is 243 g/mol. The number of aromatic nitrogens is 2. The number of nitrogens with zero attached hydrogens (tertiary/aromatic N) is 1. The molecule has 0 spiro atoms. The molecule has 0 fully saturated rings. The zero-order valence-electron chi connectivity index (χ0n) is 11.3. The van der Waals surface area contributed by atoms with E-state index in [4.69, 9.17) is 0 Å². The van der Waals surface area contributed by atoms with Crippen LogP contribution in [0.3, 0.4) is 0 Å². The minimum Gasteiger partial charge on any atom is -0.348 e. The number of benzene rings is 1. The molecule has 0 bridgehead atoms. The van der Waals surface area contributed by atoms with E-state index in [9.17, 15) is 0 Å². The Morgan fingerprint density at radius 1 is 1.28 bits per heavy atom. The second-order valence-corrected chi connectivity index (χ2v) is 4.85. The van der Waals surface area contributed by atoms with Gasteiger partial charge >= 0.3 is 0 Å². The van der Waals surface area contributed by atoms with Crippen molar-refractivity contribution in [3.63, 3.8) is 0 Å². The fourth-order valence-electron chi connectivity index (χ4n) is 2.00. The molecule has 0 aliphatic carbocycles. The molecule has 0 saturated heterocycles. The summed E-state index contributed by atoms with van der Waals surface area (Å²) >= 11 is 0. The molecule has 1 aromatic heterocycles. The first-order valence-electron chi connectivity index (χ1n) is 6.44. The van der Waals surface area contributed by atoms with Gasteiger partial charge in [-0.05, 0) is 37.5 Å². The van der Waals surface area contributed by atoms with Gasteiger partial charge in [-0.1, -0.05) is 18.2 Å². The smallest absolute Gasteiger partial charge is 0.0921 e. The second kappa shape index (κ2) is 5.83. The van der Waals surface area contributed by atoms with Gasteiger partial charge in [-0.2, -0.15) is 0 Å². The predicted octanol–water partition coefficient (Wildman–Crippen LogP) is 2.92. The van der Waals surface area contributed by atoms with Crippen molar-refractivity contribution in [2.45, 2.75) is 33.2 Å². The third kappa shape index (κ3) is 3.20. The van der Waals surface area contributed by atoms with E-state index in [1.807, 2.05) is 6.20 Å². The van der Waals surface area contributed by atoms with Gasteiger partial charge in [0.1, 0.15) is 0 Å². The van der Waals surface area contributed by atoms with Gasteiger partial charge in [-0.25, -0.2) is 4.98 Å². The maximum absolute atomic E-state index is 4.02. The van der Waals surface area contributed by atoms with Crippen molar-refractivity contribution >= 4 is 0 Å². The number of imidazole rings is 1. The van der Waals surface area contributed by atoms with Crippen LogP contribution >= 0.6 is 0 Å². The summed E-state index contributed by atoms with van der Waals surface area (Å²) in [6.07, 6.45) is 4.58. The number of nitrogens with one attached hydrogen (secondary N) is 2. The van der Waals surface area contributed by atoms with Crippen LogP contribution < -0.4 is 5.32 Å². The SMILES string of the molecule is Cc1ccc(C(C)NCCc2cnc[nH]2)cc1C. The zero-order chi connectivity index (χ0) is 13.0. The molecular weight excluding hydrogens is 222 g/mol. The van der Waals surface area contributed by atoms with E-state index in [-0.39, 0.29) is 0 Å². The minimum absolute atomic E-state index is 0.382. The summed E-state index contributed by atoms with van der Waals surface area (Å²) in [5.41, 5.74) is 5.23. The second-order valence-electron chi connectivity index (χ2n) is 4.85. The molecule has 3 heteroatoms. The number of hydrogen-bond donors (Lipinski definition) is 2. The van der Waals surface area contributed by atoms with E-state index in [0.717, 1.165) is 13.0 Å². The molecule has 0 saturated carbocycles. The van der Waals surface area contributed by atoms with Gasteiger partial charge in [0, 0.05) is 30.9 Å². The highest BCUT2D eigenvalue weighted by Gasteiger charge is 2.05. The van der Waals surface area contributed by atoms with Crippen molar-refractivity contribution in [2.75, 3.05) is 6.54 Å². The number of aromatic amines is 1. The molecule has 18 heavy (non-hydrogen) atoms. The fourth-order valence-corrected chi connectivity index (χ4v) is 2.00. The topological polar surface area (TPSA) is 40.7 Å². The van der Waals surface area contributed by atoms with Crippen molar-refractivity contribution in [3.05, 3.63) is 53.1 Å². The molecule has 1 unspecified atom stereocenters. The van der Waals surface area contributed by atoms with Gasteiger partial charge in [0.15, 0.2) is 0 Å². The van der Waals surface area contributed by atoms with Crippen LogP contribution in [0.5, 0.6) is 0 Å². The quantitative estimate of drug-likeness (QED) is 0.847. The van der Waals surface area contributed by atoms with E-state index >= 15 is 0 Å². The summed E-state index contributed by atoms with van der Waals surface area (Å²) in [4.78, 5) is 7.13. The first-order chi connectivity index (χ1) is 8.66. The molecule has 2 rings (SSSR count). The predicted molar refractivity (Wildman–Crippen MR) is 74.6 cm³/mol. The lowest BCUT2D eigenvalue weighted by Gasteiger charge is -2.15. The summed E-state index contributed by atoms with van der Waals surface area (Å²) in [6, 6.07) is 7.05. The first kappa shape index (κ1) is 12.8. The molecule has 0 aliphatic heterocycles. The van der Waals surface area contributed by atoms with Crippen LogP contribution in [0.25, 0.3) is 0 Å². The van der Waals surface area contributed by atoms with Crippen molar-refractivity contribution in [1.29, 1.82) is 0 Å². The normalized spacial score (nSPS) is 12.6. The maximum atomic E-state index is 4.02. The molecule has 1 aromatic carbocycles. The Labute approximate surface area is 109 Å². The molecule has 1 heterocycles. The van der Waals surface area contributed by atoms with Crippen LogP contribution in [-0.2, 0) is 6.42 Å². The molecule has 0 aliphatic rings. The van der Waals surface area contributed by atoms with Gasteiger partial charge in [-0.3, -0.25) is 0 Å². The number of H-pyrrole nitrogens is 1. The summed E-state index contributed by atoms with van der Waals surface area (Å²) in [7, 11) is 0. The van der Waals surface area contributed by atoms with E-state index in [1.165, 1.54) is 22.4 Å². The molecule has 3 nitrogen and oxygen atoms in total. The monoisotopic (exact) mass is 243 g/mol. The van der Waals surface area contributed by atoms with E-state index in [2.05, 4.69) is 54.3 Å². The van der Waals surface area contributed by atoms with Crippen LogP contribution in [-0.4, -0.2) is 16.5 Å². The fraction of sp³-hybridized carbons (Fsp3) is 0.400. The Morgan fingerprint density at radius 3 is 2.78 bits per heavy atom. The van der Waals surface area contributed by atoms with Gasteiger partial charge in [0.2, 0.25) is 0 Å². The zero-order valence-corrected chi connectivity index (χ0v) is 11.3. The average Bonchev–Trinajstić information content (AvgIpc) is 2.85. The van der Waals surface area contributed by atoms with Crippen LogP contribution in [0.1, 0.15) is 35.3 Å². The summed E-state index contributed by atoms with van der Waals surface area (Å²) in [5.74, 6) is 0. The molecule has 2 N–H and O–H groups in total. The van der Waals surface area contributed by atoms with Gasteiger partial charge in [-0.15, -0.1) is 0 Å². The van der Waals surface area contributed by atoms with E-state index in [0.29, 0.717) is 6.04 Å². The van der Waals surface area contributed by atoms with Crippen LogP contribution in [0.4, 0.5) is 0 Å². The van der Waals surface area contributed by atoms with Crippen molar-refractivity contribution < 1.29 is 0 Å². The molecule has 1 atom stereocenters. The Hall–Kier alpha value is -1.61. The molecule has 0 radical (unpaired) electrons. The lowest BCUT2D eigenvalue weighted by atomic mass is 10.0. The lowest BCUT2D eigenvalue weighted by molar-refractivity contribution is 0.574. The summed E-state index contributed by atoms with van der Waals surface area (Å²) < 4.78 is 0. The number of aryl methyl sites for hydroxylation is 2. The van der Waals surface area contributed by atoms with Crippen molar-refractivity contribution in [1.82, 2.24) is 15.3 Å².